The highest BCUT2D eigenvalue weighted by Gasteiger charge is 2.16. The molecule has 0 atom stereocenters. The van der Waals surface area contributed by atoms with Gasteiger partial charge in [0.25, 0.3) is 5.91 Å². The van der Waals surface area contributed by atoms with Gasteiger partial charge in [0.15, 0.2) is 5.96 Å². The number of aliphatic imine (C=N–C) groups is 1. The Morgan fingerprint density at radius 3 is 2.82 bits per heavy atom. The van der Waals surface area contributed by atoms with Crippen LogP contribution in [0.4, 0.5) is 0 Å². The van der Waals surface area contributed by atoms with Crippen molar-refractivity contribution in [3.8, 4) is 0 Å². The second kappa shape index (κ2) is 5.77. The third-order valence-electron chi connectivity index (χ3n) is 3.66. The van der Waals surface area contributed by atoms with Crippen LogP contribution in [0.3, 0.4) is 0 Å². The van der Waals surface area contributed by atoms with Crippen LogP contribution in [0.2, 0.25) is 5.02 Å². The summed E-state index contributed by atoms with van der Waals surface area (Å²) in [5.41, 5.74) is 13.9. The predicted molar refractivity (Wildman–Crippen MR) is 88.7 cm³/mol. The number of amides is 1. The first-order valence-electron chi connectivity index (χ1n) is 6.98. The maximum Gasteiger partial charge on any atom is 0.280 e. The predicted octanol–water partition coefficient (Wildman–Crippen LogP) is 2.87. The number of nitrogens with zero attached hydrogens (tertiary/aromatic N) is 2. The number of pyridine rings is 1. The number of carbonyl (C=O) groups excluding carboxylic acids is 1. The molecule has 1 aliphatic carbocycles. The van der Waals surface area contributed by atoms with E-state index in [-0.39, 0.29) is 5.96 Å². The van der Waals surface area contributed by atoms with Gasteiger partial charge < -0.3 is 11.5 Å². The molecule has 0 fully saturated rings. The Kier molecular flexibility index (Phi) is 3.81. The number of nitrogens with two attached hydrogens (primary N) is 2. The van der Waals surface area contributed by atoms with Gasteiger partial charge in [0.05, 0.1) is 10.5 Å². The van der Waals surface area contributed by atoms with Gasteiger partial charge in [-0.25, -0.2) is 0 Å². The summed E-state index contributed by atoms with van der Waals surface area (Å²) in [6.07, 6.45) is 6.97. The molecule has 1 aliphatic rings. The number of rotatable bonds is 2. The lowest BCUT2D eigenvalue weighted by molar-refractivity contribution is 0.100. The van der Waals surface area contributed by atoms with E-state index in [4.69, 9.17) is 23.1 Å². The van der Waals surface area contributed by atoms with Crippen LogP contribution in [-0.2, 0) is 0 Å². The number of fused-ring (bicyclic) bond motifs is 1. The monoisotopic (exact) mass is 314 g/mol. The molecule has 0 bridgehead atoms. The quantitative estimate of drug-likeness (QED) is 0.658. The molecule has 1 aromatic carbocycles. The van der Waals surface area contributed by atoms with Gasteiger partial charge in [0.1, 0.15) is 0 Å². The van der Waals surface area contributed by atoms with E-state index in [1.165, 1.54) is 5.57 Å². The zero-order chi connectivity index (χ0) is 15.7. The van der Waals surface area contributed by atoms with E-state index in [2.05, 4.69) is 16.1 Å². The van der Waals surface area contributed by atoms with Crippen molar-refractivity contribution in [3.63, 3.8) is 0 Å². The van der Waals surface area contributed by atoms with Crippen molar-refractivity contribution < 1.29 is 4.79 Å². The van der Waals surface area contributed by atoms with Crippen molar-refractivity contribution in [1.82, 2.24) is 4.98 Å². The van der Waals surface area contributed by atoms with Crippen LogP contribution in [0.1, 0.15) is 35.2 Å². The molecule has 0 aliphatic heterocycles. The molecule has 22 heavy (non-hydrogen) atoms. The largest absolute Gasteiger partial charge is 0.370 e. The lowest BCUT2D eigenvalue weighted by Gasteiger charge is -2.10. The summed E-state index contributed by atoms with van der Waals surface area (Å²) in [5, 5.41) is 1.43. The molecule has 0 saturated carbocycles. The van der Waals surface area contributed by atoms with E-state index in [0.717, 1.165) is 35.7 Å². The first-order valence-corrected chi connectivity index (χ1v) is 7.35. The number of allylic oxidation sites excluding steroid dienone is 2. The van der Waals surface area contributed by atoms with Crippen LogP contribution < -0.4 is 11.5 Å². The van der Waals surface area contributed by atoms with Gasteiger partial charge in [-0.3, -0.25) is 9.78 Å². The van der Waals surface area contributed by atoms with Gasteiger partial charge in [-0.05, 0) is 43.0 Å². The first-order chi connectivity index (χ1) is 10.6. The molecule has 0 unspecified atom stereocenters. The zero-order valence-corrected chi connectivity index (χ0v) is 12.6. The van der Waals surface area contributed by atoms with Crippen LogP contribution >= 0.6 is 11.6 Å². The normalized spacial score (nSPS) is 14.0. The van der Waals surface area contributed by atoms with Gasteiger partial charge in [-0.15, -0.1) is 0 Å². The molecular weight excluding hydrogens is 300 g/mol. The Balaban J connectivity index is 2.19. The second-order valence-corrected chi connectivity index (χ2v) is 5.58. The minimum atomic E-state index is -0.478. The average Bonchev–Trinajstić information content (AvgIpc) is 2.99. The van der Waals surface area contributed by atoms with Gasteiger partial charge >= 0.3 is 0 Å². The fourth-order valence-electron chi connectivity index (χ4n) is 2.71. The number of halogens is 1. The Morgan fingerprint density at radius 1 is 1.32 bits per heavy atom. The molecule has 0 saturated heterocycles. The molecule has 112 valence electrons. The fourth-order valence-corrected chi connectivity index (χ4v) is 2.98. The highest BCUT2D eigenvalue weighted by Crippen LogP contribution is 2.36. The number of aromatic nitrogens is 1. The summed E-state index contributed by atoms with van der Waals surface area (Å²) < 4.78 is 0. The number of hydrogen-bond donors (Lipinski definition) is 2. The van der Waals surface area contributed by atoms with Gasteiger partial charge in [0, 0.05) is 22.7 Å². The van der Waals surface area contributed by atoms with Gasteiger partial charge in [0.2, 0.25) is 0 Å². The molecule has 3 rings (SSSR count). The minimum absolute atomic E-state index is 0.256. The van der Waals surface area contributed by atoms with Crippen molar-refractivity contribution in [2.24, 2.45) is 16.5 Å². The van der Waals surface area contributed by atoms with Crippen molar-refractivity contribution >= 4 is 39.9 Å². The summed E-state index contributed by atoms with van der Waals surface area (Å²) in [6, 6.07) is 5.18. The first kappa shape index (κ1) is 14.5. The Hall–Kier alpha value is -2.40. The fraction of sp³-hybridized carbons (Fsp3) is 0.188. The standard InChI is InChI=1S/C16H15ClN4O/c17-12-8-20-13-6-5-10(15(22)21-16(18)19)7-11(13)14(12)9-3-1-2-4-9/h3,5-8H,1-2,4H2,(H4,18,19,21,22). The molecule has 0 spiro atoms. The van der Waals surface area contributed by atoms with Crippen molar-refractivity contribution in [2.75, 3.05) is 0 Å². The lowest BCUT2D eigenvalue weighted by atomic mass is 9.99. The van der Waals surface area contributed by atoms with E-state index in [1.807, 2.05) is 0 Å². The van der Waals surface area contributed by atoms with Crippen molar-refractivity contribution in [3.05, 3.63) is 46.6 Å². The highest BCUT2D eigenvalue weighted by atomic mass is 35.5. The maximum atomic E-state index is 12.0. The van der Waals surface area contributed by atoms with Gasteiger partial charge in [-0.2, -0.15) is 4.99 Å². The maximum absolute atomic E-state index is 12.0. The molecule has 4 N–H and O–H groups in total. The molecule has 2 aromatic rings. The highest BCUT2D eigenvalue weighted by molar-refractivity contribution is 6.33. The van der Waals surface area contributed by atoms with E-state index in [0.29, 0.717) is 10.6 Å². The van der Waals surface area contributed by atoms with Crippen LogP contribution in [0, 0.1) is 0 Å². The Morgan fingerprint density at radius 2 is 2.14 bits per heavy atom. The average molecular weight is 315 g/mol. The van der Waals surface area contributed by atoms with E-state index in [9.17, 15) is 4.79 Å². The second-order valence-electron chi connectivity index (χ2n) is 5.18. The smallest absolute Gasteiger partial charge is 0.280 e. The van der Waals surface area contributed by atoms with Crippen LogP contribution in [0.15, 0.2) is 35.5 Å². The Labute approximate surface area is 132 Å². The van der Waals surface area contributed by atoms with Gasteiger partial charge in [-0.1, -0.05) is 17.7 Å². The summed E-state index contributed by atoms with van der Waals surface area (Å²) >= 11 is 6.34. The molecule has 5 nitrogen and oxygen atoms in total. The zero-order valence-electron chi connectivity index (χ0n) is 11.8. The number of benzene rings is 1. The number of guanidine groups is 1. The van der Waals surface area contributed by atoms with Crippen molar-refractivity contribution in [1.29, 1.82) is 0 Å². The lowest BCUT2D eigenvalue weighted by Crippen LogP contribution is -2.24. The molecule has 1 amide bonds. The van der Waals surface area contributed by atoms with E-state index < -0.39 is 5.91 Å². The molecule has 0 radical (unpaired) electrons. The molecular formula is C16H15ClN4O. The molecule has 6 heteroatoms. The number of hydrogen-bond acceptors (Lipinski definition) is 2. The minimum Gasteiger partial charge on any atom is -0.370 e. The summed E-state index contributed by atoms with van der Waals surface area (Å²) in [6.45, 7) is 0. The van der Waals surface area contributed by atoms with Crippen LogP contribution in [0.5, 0.6) is 0 Å². The third-order valence-corrected chi connectivity index (χ3v) is 3.95. The van der Waals surface area contributed by atoms with Crippen LogP contribution in [0.25, 0.3) is 16.5 Å². The van der Waals surface area contributed by atoms with Crippen molar-refractivity contribution in [2.45, 2.75) is 19.3 Å². The number of carbonyl (C=O) groups is 1. The van der Waals surface area contributed by atoms with Crippen LogP contribution in [-0.4, -0.2) is 16.9 Å². The topological polar surface area (TPSA) is 94.4 Å². The summed E-state index contributed by atoms with van der Waals surface area (Å²) in [5.74, 6) is -0.735. The SMILES string of the molecule is NC(N)=NC(=O)c1ccc2ncc(Cl)c(C3=CCCC3)c2c1. The van der Waals surface area contributed by atoms with E-state index >= 15 is 0 Å². The summed E-state index contributed by atoms with van der Waals surface area (Å²) in [4.78, 5) is 19.9. The van der Waals surface area contributed by atoms with E-state index in [1.54, 1.807) is 24.4 Å². The summed E-state index contributed by atoms with van der Waals surface area (Å²) in [7, 11) is 0. The molecule has 1 aromatic heterocycles. The molecule has 1 heterocycles. The Bertz CT molecular complexity index is 822. The third kappa shape index (κ3) is 2.67.